The minimum absolute atomic E-state index is 0.0413. The number of nitrogens with two attached hydrogens (primary N) is 1. The highest BCUT2D eigenvalue weighted by Crippen LogP contribution is 2.19. The molecule has 6 nitrogen and oxygen atoms in total. The lowest BCUT2D eigenvalue weighted by Gasteiger charge is -2.36. The van der Waals surface area contributed by atoms with E-state index in [1.54, 1.807) is 0 Å². The van der Waals surface area contributed by atoms with Crippen molar-refractivity contribution in [2.75, 3.05) is 26.2 Å². The van der Waals surface area contributed by atoms with E-state index in [0.717, 1.165) is 39.0 Å². The maximum atomic E-state index is 12.1. The third-order valence-corrected chi connectivity index (χ3v) is 4.13. The van der Waals surface area contributed by atoms with Crippen LogP contribution in [0.15, 0.2) is 0 Å². The van der Waals surface area contributed by atoms with Gasteiger partial charge in [0.05, 0.1) is 0 Å². The fourth-order valence-electron chi connectivity index (χ4n) is 2.85. The lowest BCUT2D eigenvalue weighted by atomic mass is 9.98. The van der Waals surface area contributed by atoms with Crippen molar-refractivity contribution in [1.29, 1.82) is 0 Å². The lowest BCUT2D eigenvalue weighted by Crippen LogP contribution is -2.48. The van der Waals surface area contributed by atoms with Gasteiger partial charge in [0.25, 0.3) is 0 Å². The molecule has 3 amide bonds. The Bertz CT molecular complexity index is 370. The van der Waals surface area contributed by atoms with E-state index >= 15 is 0 Å². The number of rotatable bonds is 4. The molecule has 2 fully saturated rings. The molecular weight excluding hydrogens is 256 g/mol. The summed E-state index contributed by atoms with van der Waals surface area (Å²) in [5, 5.41) is 2.83. The van der Waals surface area contributed by atoms with E-state index in [9.17, 15) is 9.59 Å². The van der Waals surface area contributed by atoms with Crippen molar-refractivity contribution in [2.45, 2.75) is 51.1 Å². The molecule has 0 unspecified atom stereocenters. The largest absolute Gasteiger partial charge is 0.343 e. The van der Waals surface area contributed by atoms with Crippen LogP contribution >= 0.6 is 0 Å². The van der Waals surface area contributed by atoms with E-state index < -0.39 is 0 Å². The summed E-state index contributed by atoms with van der Waals surface area (Å²) < 4.78 is 0. The van der Waals surface area contributed by atoms with Gasteiger partial charge in [-0.05, 0) is 33.1 Å². The molecular formula is C14H26N4O2. The Morgan fingerprint density at radius 2 is 2.00 bits per heavy atom. The van der Waals surface area contributed by atoms with Crippen molar-refractivity contribution >= 4 is 11.9 Å². The molecule has 0 bridgehead atoms. The first-order chi connectivity index (χ1) is 9.37. The minimum atomic E-state index is -0.290. The number of nitrogens with one attached hydrogen (secondary N) is 1. The van der Waals surface area contributed by atoms with E-state index in [4.69, 9.17) is 5.73 Å². The predicted molar refractivity (Wildman–Crippen MR) is 77.2 cm³/mol. The van der Waals surface area contributed by atoms with Gasteiger partial charge in [-0.2, -0.15) is 0 Å². The van der Waals surface area contributed by atoms with E-state index in [2.05, 4.69) is 5.32 Å². The first-order valence-electron chi connectivity index (χ1n) is 7.48. The average molecular weight is 282 g/mol. The Morgan fingerprint density at radius 1 is 1.35 bits per heavy atom. The molecule has 0 aromatic rings. The molecule has 2 aliphatic heterocycles. The normalized spacial score (nSPS) is 21.2. The van der Waals surface area contributed by atoms with Crippen molar-refractivity contribution in [3.8, 4) is 0 Å². The van der Waals surface area contributed by atoms with Gasteiger partial charge in [0.1, 0.15) is 0 Å². The first kappa shape index (κ1) is 15.1. The highest BCUT2D eigenvalue weighted by molar-refractivity contribution is 5.77. The second-order valence-electron chi connectivity index (χ2n) is 6.53. The topological polar surface area (TPSA) is 78.7 Å². The molecule has 0 saturated carbocycles. The van der Waals surface area contributed by atoms with Gasteiger partial charge in [-0.25, -0.2) is 4.79 Å². The standard InChI is InChI=1S/C14H26N4O2/c1-14(2,15)6-3-12(19)17-8-4-11(5-9-17)18-10-7-16-13(18)20/h11H,3-10,15H2,1-2H3,(H,16,20). The number of hydrogen-bond acceptors (Lipinski definition) is 3. The first-order valence-corrected chi connectivity index (χ1v) is 7.48. The number of carbonyl (C=O) groups excluding carboxylic acids is 2. The summed E-state index contributed by atoms with van der Waals surface area (Å²) >= 11 is 0. The van der Waals surface area contributed by atoms with Gasteiger partial charge in [-0.15, -0.1) is 0 Å². The molecule has 0 aromatic carbocycles. The number of nitrogens with zero attached hydrogens (tertiary/aromatic N) is 2. The van der Waals surface area contributed by atoms with Crippen LogP contribution in [-0.4, -0.2) is 59.5 Å². The molecule has 0 spiro atoms. The molecule has 20 heavy (non-hydrogen) atoms. The maximum absolute atomic E-state index is 12.1. The quantitative estimate of drug-likeness (QED) is 0.789. The van der Waals surface area contributed by atoms with Crippen LogP contribution in [0.3, 0.4) is 0 Å². The van der Waals surface area contributed by atoms with Gasteiger partial charge in [0, 0.05) is 44.2 Å². The zero-order valence-electron chi connectivity index (χ0n) is 12.5. The summed E-state index contributed by atoms with van der Waals surface area (Å²) in [5.41, 5.74) is 5.62. The Labute approximate surface area is 120 Å². The van der Waals surface area contributed by atoms with Crippen LogP contribution < -0.4 is 11.1 Å². The third-order valence-electron chi connectivity index (χ3n) is 4.13. The Kier molecular flexibility index (Phi) is 4.52. The summed E-state index contributed by atoms with van der Waals surface area (Å²) in [6, 6.07) is 0.326. The SMILES string of the molecule is CC(C)(N)CCC(=O)N1CCC(N2CCNC2=O)CC1. The molecule has 2 heterocycles. The van der Waals surface area contributed by atoms with Crippen LogP contribution in [0, 0.1) is 0 Å². The fraction of sp³-hybridized carbons (Fsp3) is 0.857. The summed E-state index contributed by atoms with van der Waals surface area (Å²) in [6.45, 7) is 6.91. The van der Waals surface area contributed by atoms with Crippen molar-refractivity contribution < 1.29 is 9.59 Å². The predicted octanol–water partition coefficient (Wildman–Crippen LogP) is 0.520. The van der Waals surface area contributed by atoms with Crippen LogP contribution in [0.4, 0.5) is 4.79 Å². The zero-order chi connectivity index (χ0) is 14.8. The molecule has 2 saturated heterocycles. The van der Waals surface area contributed by atoms with Crippen LogP contribution in [-0.2, 0) is 4.79 Å². The summed E-state index contributed by atoms with van der Waals surface area (Å²) in [5.74, 6) is 0.188. The Morgan fingerprint density at radius 3 is 2.50 bits per heavy atom. The number of urea groups is 1. The number of amides is 3. The number of hydrogen-bond donors (Lipinski definition) is 2. The van der Waals surface area contributed by atoms with Gasteiger partial charge in [0.15, 0.2) is 0 Å². The summed E-state index contributed by atoms with van der Waals surface area (Å²) in [4.78, 5) is 27.6. The lowest BCUT2D eigenvalue weighted by molar-refractivity contribution is -0.132. The highest BCUT2D eigenvalue weighted by atomic mass is 16.2. The molecule has 114 valence electrons. The van der Waals surface area contributed by atoms with Gasteiger partial charge in [-0.1, -0.05) is 0 Å². The van der Waals surface area contributed by atoms with Gasteiger partial charge < -0.3 is 20.9 Å². The molecule has 3 N–H and O–H groups in total. The molecule has 6 heteroatoms. The Hall–Kier alpha value is -1.30. The summed E-state index contributed by atoms with van der Waals surface area (Å²) in [7, 11) is 0. The van der Waals surface area contributed by atoms with Crippen molar-refractivity contribution in [3.63, 3.8) is 0 Å². The third kappa shape index (κ3) is 3.85. The maximum Gasteiger partial charge on any atom is 0.317 e. The second kappa shape index (κ2) is 5.99. The average Bonchev–Trinajstić information content (AvgIpc) is 2.81. The zero-order valence-corrected chi connectivity index (χ0v) is 12.5. The number of piperidine rings is 1. The Balaban J connectivity index is 1.76. The monoisotopic (exact) mass is 282 g/mol. The van der Waals surface area contributed by atoms with E-state index in [1.807, 2.05) is 23.6 Å². The van der Waals surface area contributed by atoms with Crippen LogP contribution in [0.2, 0.25) is 0 Å². The van der Waals surface area contributed by atoms with Gasteiger partial charge in [0.2, 0.25) is 5.91 Å². The van der Waals surface area contributed by atoms with Crippen molar-refractivity contribution in [3.05, 3.63) is 0 Å². The summed E-state index contributed by atoms with van der Waals surface area (Å²) in [6.07, 6.45) is 2.98. The molecule has 0 atom stereocenters. The number of carbonyl (C=O) groups is 2. The van der Waals surface area contributed by atoms with E-state index in [1.165, 1.54) is 0 Å². The smallest absolute Gasteiger partial charge is 0.317 e. The molecule has 0 radical (unpaired) electrons. The van der Waals surface area contributed by atoms with Crippen molar-refractivity contribution in [1.82, 2.24) is 15.1 Å². The molecule has 0 aromatic heterocycles. The molecule has 2 aliphatic rings. The molecule has 0 aliphatic carbocycles. The molecule has 2 rings (SSSR count). The van der Waals surface area contributed by atoms with Crippen LogP contribution in [0.5, 0.6) is 0 Å². The van der Waals surface area contributed by atoms with Gasteiger partial charge >= 0.3 is 6.03 Å². The highest BCUT2D eigenvalue weighted by Gasteiger charge is 2.31. The second-order valence-corrected chi connectivity index (χ2v) is 6.53. The van der Waals surface area contributed by atoms with E-state index in [-0.39, 0.29) is 23.5 Å². The van der Waals surface area contributed by atoms with Crippen molar-refractivity contribution in [2.24, 2.45) is 5.73 Å². The van der Waals surface area contributed by atoms with Crippen LogP contribution in [0.25, 0.3) is 0 Å². The van der Waals surface area contributed by atoms with Gasteiger partial charge in [-0.3, -0.25) is 4.79 Å². The minimum Gasteiger partial charge on any atom is -0.343 e. The fourth-order valence-corrected chi connectivity index (χ4v) is 2.85. The van der Waals surface area contributed by atoms with E-state index in [0.29, 0.717) is 12.8 Å². The number of likely N-dealkylation sites (tertiary alicyclic amines) is 1. The van der Waals surface area contributed by atoms with Crippen LogP contribution in [0.1, 0.15) is 39.5 Å².